The van der Waals surface area contributed by atoms with Gasteiger partial charge in [0.2, 0.25) is 0 Å². The van der Waals surface area contributed by atoms with Gasteiger partial charge in [-0.2, -0.15) is 24.2 Å². The van der Waals surface area contributed by atoms with Gasteiger partial charge in [0, 0.05) is 36.9 Å². The van der Waals surface area contributed by atoms with Gasteiger partial charge in [-0.3, -0.25) is 14.6 Å². The SMILES string of the molecule is Cc1c(-c2cc(OC(CO)c3ccc(F)cn3)c3c(OC(F)F)cnn3c2)nn2c1CN(C1CC(NC#N)C1)CC2. The number of aromatic nitrogens is 5. The summed E-state index contributed by atoms with van der Waals surface area (Å²) in [5, 5.41) is 30.8. The zero-order valence-electron chi connectivity index (χ0n) is 22.0. The predicted molar refractivity (Wildman–Crippen MR) is 138 cm³/mol. The topological polar surface area (TPSA) is 126 Å². The Kier molecular flexibility index (Phi) is 7.14. The molecule has 1 aliphatic carbocycles. The van der Waals surface area contributed by atoms with Crippen molar-refractivity contribution in [2.45, 2.75) is 57.7 Å². The second kappa shape index (κ2) is 10.9. The molecule has 4 aromatic heterocycles. The summed E-state index contributed by atoms with van der Waals surface area (Å²) in [4.78, 5) is 6.40. The zero-order valence-corrected chi connectivity index (χ0v) is 22.0. The molecule has 214 valence electrons. The molecule has 1 unspecified atom stereocenters. The Morgan fingerprint density at radius 1 is 1.20 bits per heavy atom. The molecule has 14 heteroatoms. The van der Waals surface area contributed by atoms with Crippen molar-refractivity contribution in [1.82, 2.24) is 34.6 Å². The number of hydrogen-bond donors (Lipinski definition) is 2. The molecule has 4 aromatic rings. The summed E-state index contributed by atoms with van der Waals surface area (Å²) in [6.45, 7) is 0.636. The second-order valence-corrected chi connectivity index (χ2v) is 10.2. The van der Waals surface area contributed by atoms with Crippen LogP contribution in [0.2, 0.25) is 0 Å². The third kappa shape index (κ3) is 5.14. The van der Waals surface area contributed by atoms with Crippen LogP contribution in [0.1, 0.15) is 35.9 Å². The first-order valence-corrected chi connectivity index (χ1v) is 13.1. The Morgan fingerprint density at radius 3 is 2.73 bits per heavy atom. The molecule has 0 radical (unpaired) electrons. The van der Waals surface area contributed by atoms with E-state index in [0.717, 1.165) is 43.0 Å². The van der Waals surface area contributed by atoms with Crippen LogP contribution < -0.4 is 14.8 Å². The van der Waals surface area contributed by atoms with Gasteiger partial charge in [-0.15, -0.1) is 0 Å². The molecule has 11 nitrogen and oxygen atoms in total. The monoisotopic (exact) mass is 568 g/mol. The molecule has 2 N–H and O–H groups in total. The molecule has 0 aromatic carbocycles. The summed E-state index contributed by atoms with van der Waals surface area (Å²) in [5.74, 6) is -0.642. The van der Waals surface area contributed by atoms with Gasteiger partial charge in [0.1, 0.15) is 5.82 Å². The Balaban J connectivity index is 1.35. The van der Waals surface area contributed by atoms with E-state index in [0.29, 0.717) is 30.4 Å². The zero-order chi connectivity index (χ0) is 28.7. The number of fused-ring (bicyclic) bond motifs is 2. The van der Waals surface area contributed by atoms with Gasteiger partial charge in [-0.05, 0) is 43.5 Å². The minimum atomic E-state index is -3.09. The molecular formula is C27H27F3N8O3. The van der Waals surface area contributed by atoms with Crippen molar-refractivity contribution in [3.8, 4) is 28.9 Å². The lowest BCUT2D eigenvalue weighted by molar-refractivity contribution is -0.0489. The summed E-state index contributed by atoms with van der Waals surface area (Å²) >= 11 is 0. The van der Waals surface area contributed by atoms with Crippen molar-refractivity contribution < 1.29 is 27.8 Å². The lowest BCUT2D eigenvalue weighted by Gasteiger charge is -2.44. The highest BCUT2D eigenvalue weighted by molar-refractivity contribution is 5.75. The van der Waals surface area contributed by atoms with Gasteiger partial charge in [-0.25, -0.2) is 8.91 Å². The van der Waals surface area contributed by atoms with Gasteiger partial charge >= 0.3 is 6.61 Å². The highest BCUT2D eigenvalue weighted by Crippen LogP contribution is 2.38. The number of hydrogen-bond acceptors (Lipinski definition) is 9. The number of aliphatic hydroxyl groups excluding tert-OH is 1. The second-order valence-electron chi connectivity index (χ2n) is 10.2. The number of halogens is 3. The minimum Gasteiger partial charge on any atom is -0.479 e. The van der Waals surface area contributed by atoms with Gasteiger partial charge in [-0.1, -0.05) is 0 Å². The predicted octanol–water partition coefficient (Wildman–Crippen LogP) is 3.17. The number of ether oxygens (including phenoxy) is 2. The molecule has 5 heterocycles. The smallest absolute Gasteiger partial charge is 0.387 e. The molecule has 1 saturated carbocycles. The van der Waals surface area contributed by atoms with E-state index in [1.54, 1.807) is 12.3 Å². The van der Waals surface area contributed by atoms with Crippen LogP contribution in [-0.2, 0) is 13.1 Å². The van der Waals surface area contributed by atoms with E-state index in [4.69, 9.17) is 15.1 Å². The Hall–Kier alpha value is -4.35. The van der Waals surface area contributed by atoms with Crippen molar-refractivity contribution in [3.63, 3.8) is 0 Å². The first-order valence-electron chi connectivity index (χ1n) is 13.1. The molecule has 6 rings (SSSR count). The van der Waals surface area contributed by atoms with Crippen LogP contribution >= 0.6 is 0 Å². The quantitative estimate of drug-likeness (QED) is 0.231. The minimum absolute atomic E-state index is 0.110. The van der Waals surface area contributed by atoms with Gasteiger partial charge in [0.15, 0.2) is 29.3 Å². The maximum Gasteiger partial charge on any atom is 0.387 e. The Bertz CT molecular complexity index is 1590. The summed E-state index contributed by atoms with van der Waals surface area (Å²) in [6.07, 6.45) is 6.67. The van der Waals surface area contributed by atoms with E-state index in [2.05, 4.69) is 25.0 Å². The first kappa shape index (κ1) is 26.9. The number of alkyl halides is 2. The lowest BCUT2D eigenvalue weighted by Crippen LogP contribution is -2.53. The average Bonchev–Trinajstić information content (AvgIpc) is 3.49. The molecule has 0 saturated heterocycles. The van der Waals surface area contributed by atoms with Crippen LogP contribution in [0.5, 0.6) is 11.5 Å². The van der Waals surface area contributed by atoms with E-state index in [-0.39, 0.29) is 28.8 Å². The van der Waals surface area contributed by atoms with Crippen LogP contribution in [0.3, 0.4) is 0 Å². The maximum absolute atomic E-state index is 13.4. The molecule has 0 amide bonds. The van der Waals surface area contributed by atoms with E-state index in [1.165, 1.54) is 16.6 Å². The lowest BCUT2D eigenvalue weighted by atomic mass is 9.85. The van der Waals surface area contributed by atoms with Gasteiger partial charge < -0.3 is 19.9 Å². The largest absolute Gasteiger partial charge is 0.479 e. The summed E-state index contributed by atoms with van der Waals surface area (Å²) in [7, 11) is 0. The molecule has 41 heavy (non-hydrogen) atoms. The number of pyridine rings is 2. The van der Waals surface area contributed by atoms with Crippen molar-refractivity contribution in [1.29, 1.82) is 5.26 Å². The van der Waals surface area contributed by atoms with Crippen LogP contribution in [0.15, 0.2) is 36.8 Å². The number of nitrogens with one attached hydrogen (secondary N) is 1. The van der Waals surface area contributed by atoms with Crippen molar-refractivity contribution in [2.24, 2.45) is 0 Å². The van der Waals surface area contributed by atoms with E-state index >= 15 is 0 Å². The van der Waals surface area contributed by atoms with Crippen molar-refractivity contribution in [2.75, 3.05) is 13.2 Å². The van der Waals surface area contributed by atoms with Crippen LogP contribution in [0.4, 0.5) is 13.2 Å². The number of rotatable bonds is 9. The number of aliphatic hydroxyl groups is 1. The molecule has 0 bridgehead atoms. The first-order chi connectivity index (χ1) is 19.8. The van der Waals surface area contributed by atoms with Crippen molar-refractivity contribution >= 4 is 5.52 Å². The Morgan fingerprint density at radius 2 is 2.02 bits per heavy atom. The summed E-state index contributed by atoms with van der Waals surface area (Å²) < 4.78 is 53.9. The fourth-order valence-corrected chi connectivity index (χ4v) is 5.53. The van der Waals surface area contributed by atoms with Gasteiger partial charge in [0.25, 0.3) is 0 Å². The molecule has 1 aliphatic heterocycles. The highest BCUT2D eigenvalue weighted by atomic mass is 19.3. The van der Waals surface area contributed by atoms with Crippen LogP contribution in [0, 0.1) is 24.2 Å². The Labute approximate surface area is 232 Å². The summed E-state index contributed by atoms with van der Waals surface area (Å²) in [6, 6.07) is 4.84. The molecule has 2 aliphatic rings. The fraction of sp³-hybridized carbons (Fsp3) is 0.407. The standard InChI is InChI=1S/C27H27F3N8O3/c1-15-21-12-36(19-7-18(8-19)33-14-31)4-5-37(21)35-25(15)16-6-22(26-23(41-27(29)30)10-34-38(26)11-16)40-24(13-39)20-3-2-17(28)9-32-20/h2-3,6,9-11,18-19,24,27,33,39H,4-5,7-8,12-13H2,1H3. The maximum atomic E-state index is 13.4. The summed E-state index contributed by atoms with van der Waals surface area (Å²) in [5.41, 5.74) is 3.71. The van der Waals surface area contributed by atoms with Crippen LogP contribution in [0.25, 0.3) is 16.8 Å². The van der Waals surface area contributed by atoms with E-state index in [1.807, 2.05) is 17.8 Å². The van der Waals surface area contributed by atoms with Gasteiger partial charge in [0.05, 0.1) is 42.6 Å². The third-order valence-corrected chi connectivity index (χ3v) is 7.72. The molecular weight excluding hydrogens is 541 g/mol. The highest BCUT2D eigenvalue weighted by Gasteiger charge is 2.36. The van der Waals surface area contributed by atoms with E-state index < -0.39 is 25.1 Å². The third-order valence-electron chi connectivity index (χ3n) is 7.72. The normalized spacial score (nSPS) is 19.4. The number of nitrogens with zero attached hydrogens (tertiary/aromatic N) is 7. The number of nitriles is 1. The molecule has 0 spiro atoms. The van der Waals surface area contributed by atoms with Crippen molar-refractivity contribution in [3.05, 3.63) is 59.6 Å². The average molecular weight is 569 g/mol. The fourth-order valence-electron chi connectivity index (χ4n) is 5.53. The molecule has 1 atom stereocenters. The van der Waals surface area contributed by atoms with E-state index in [9.17, 15) is 18.3 Å². The molecule has 1 fully saturated rings. The van der Waals surface area contributed by atoms with Crippen LogP contribution in [-0.4, -0.2) is 66.2 Å².